The lowest BCUT2D eigenvalue weighted by Gasteiger charge is -2.39. The number of sulfonamides is 1. The Morgan fingerprint density at radius 1 is 1.18 bits per heavy atom. The Labute approximate surface area is 142 Å². The molecule has 1 saturated carbocycles. The van der Waals surface area contributed by atoms with Crippen molar-refractivity contribution in [2.24, 2.45) is 10.8 Å². The fraction of sp³-hybridized carbons (Fsp3) is 0.625. The molecular weight excluding hydrogens is 341 g/mol. The predicted octanol–water partition coefficient (Wildman–Crippen LogP) is 4.58. The van der Waals surface area contributed by atoms with E-state index in [1.54, 1.807) is 10.4 Å². The van der Waals surface area contributed by atoms with Gasteiger partial charge in [-0.3, -0.25) is 0 Å². The number of nitrogens with zero attached hydrogens (tertiary/aromatic N) is 1. The Bertz CT molecular complexity index is 717. The number of hydrogen-bond acceptors (Lipinski definition) is 2. The lowest BCUT2D eigenvalue weighted by Crippen LogP contribution is -2.37. The molecule has 2 fully saturated rings. The van der Waals surface area contributed by atoms with Gasteiger partial charge in [0.05, 0.1) is 5.02 Å². The maximum Gasteiger partial charge on any atom is 0.244 e. The maximum atomic E-state index is 13.1. The highest BCUT2D eigenvalue weighted by Crippen LogP contribution is 2.53. The van der Waals surface area contributed by atoms with Crippen molar-refractivity contribution in [1.29, 1.82) is 0 Å². The van der Waals surface area contributed by atoms with Crippen LogP contribution in [0.2, 0.25) is 10.0 Å². The Kier molecular flexibility index (Phi) is 3.84. The molecule has 3 rings (SSSR count). The lowest BCUT2D eigenvalue weighted by molar-refractivity contribution is 0.133. The van der Waals surface area contributed by atoms with Crippen molar-refractivity contribution < 1.29 is 8.42 Å². The minimum Gasteiger partial charge on any atom is -0.207 e. The van der Waals surface area contributed by atoms with Crippen LogP contribution in [0.3, 0.4) is 0 Å². The van der Waals surface area contributed by atoms with Gasteiger partial charge in [-0.1, -0.05) is 44.0 Å². The molecule has 2 unspecified atom stereocenters. The monoisotopic (exact) mass is 361 g/mol. The molecule has 1 aromatic carbocycles. The van der Waals surface area contributed by atoms with Gasteiger partial charge < -0.3 is 0 Å². The molecule has 6 heteroatoms. The van der Waals surface area contributed by atoms with Crippen molar-refractivity contribution in [2.45, 2.75) is 51.0 Å². The minimum absolute atomic E-state index is 0.0540. The summed E-state index contributed by atoms with van der Waals surface area (Å²) in [7, 11) is -3.59. The van der Waals surface area contributed by atoms with E-state index >= 15 is 0 Å². The third kappa shape index (κ3) is 2.79. The van der Waals surface area contributed by atoms with E-state index in [2.05, 4.69) is 20.8 Å². The quantitative estimate of drug-likeness (QED) is 0.772. The SMILES string of the molecule is CC1(C)CC2CC(C)(CN2S(=O)(=O)c2ccc(Cl)cc2Cl)C1. The molecule has 1 heterocycles. The fourth-order valence-electron chi connectivity index (χ4n) is 4.50. The van der Waals surface area contributed by atoms with E-state index in [0.29, 0.717) is 11.6 Å². The molecule has 0 amide bonds. The Morgan fingerprint density at radius 2 is 1.86 bits per heavy atom. The summed E-state index contributed by atoms with van der Waals surface area (Å²) in [6.45, 7) is 7.22. The van der Waals surface area contributed by atoms with Gasteiger partial charge in [-0.15, -0.1) is 0 Å². The Morgan fingerprint density at radius 3 is 2.50 bits per heavy atom. The molecule has 0 spiro atoms. The van der Waals surface area contributed by atoms with Crippen LogP contribution in [0.15, 0.2) is 23.1 Å². The first kappa shape index (κ1) is 16.6. The summed E-state index contributed by atoms with van der Waals surface area (Å²) in [6.07, 6.45) is 2.88. The predicted molar refractivity (Wildman–Crippen MR) is 89.9 cm³/mol. The van der Waals surface area contributed by atoms with Crippen LogP contribution in [-0.2, 0) is 10.0 Å². The van der Waals surface area contributed by atoms with E-state index in [0.717, 1.165) is 19.3 Å². The summed E-state index contributed by atoms with van der Waals surface area (Å²) in [5, 5.41) is 0.635. The lowest BCUT2D eigenvalue weighted by atomic mass is 9.65. The molecule has 22 heavy (non-hydrogen) atoms. The first-order valence-electron chi connectivity index (χ1n) is 7.49. The number of hydrogen-bond donors (Lipinski definition) is 0. The number of benzene rings is 1. The van der Waals surface area contributed by atoms with Crippen LogP contribution in [0.4, 0.5) is 0 Å². The van der Waals surface area contributed by atoms with Crippen LogP contribution in [0.25, 0.3) is 0 Å². The molecule has 0 N–H and O–H groups in total. The summed E-state index contributed by atoms with van der Waals surface area (Å²) in [5.41, 5.74) is 0.226. The number of rotatable bonds is 2. The molecule has 122 valence electrons. The second kappa shape index (κ2) is 5.10. The van der Waals surface area contributed by atoms with Crippen LogP contribution in [0.1, 0.15) is 40.0 Å². The largest absolute Gasteiger partial charge is 0.244 e. The molecule has 0 aromatic heterocycles. The number of fused-ring (bicyclic) bond motifs is 2. The van der Waals surface area contributed by atoms with E-state index in [9.17, 15) is 8.42 Å². The van der Waals surface area contributed by atoms with Gasteiger partial charge in [0.25, 0.3) is 0 Å². The highest BCUT2D eigenvalue weighted by Gasteiger charge is 2.53. The zero-order valence-electron chi connectivity index (χ0n) is 13.1. The molecule has 0 radical (unpaired) electrons. The summed E-state index contributed by atoms with van der Waals surface area (Å²) >= 11 is 12.0. The van der Waals surface area contributed by atoms with Crippen LogP contribution in [-0.4, -0.2) is 25.3 Å². The fourth-order valence-corrected chi connectivity index (χ4v) is 7.02. The average Bonchev–Trinajstić information content (AvgIpc) is 2.58. The van der Waals surface area contributed by atoms with Gasteiger partial charge in [0.1, 0.15) is 4.90 Å². The van der Waals surface area contributed by atoms with E-state index in [1.807, 2.05) is 0 Å². The summed E-state index contributed by atoms with van der Waals surface area (Å²) in [6, 6.07) is 4.64. The molecule has 3 nitrogen and oxygen atoms in total. The van der Waals surface area contributed by atoms with Gasteiger partial charge >= 0.3 is 0 Å². The van der Waals surface area contributed by atoms with E-state index in [1.165, 1.54) is 12.1 Å². The first-order chi connectivity index (χ1) is 10.0. The van der Waals surface area contributed by atoms with E-state index in [-0.39, 0.29) is 26.8 Å². The van der Waals surface area contributed by atoms with Gasteiger partial charge in [-0.25, -0.2) is 8.42 Å². The highest BCUT2D eigenvalue weighted by atomic mass is 35.5. The van der Waals surface area contributed by atoms with Gasteiger partial charge in [0, 0.05) is 17.6 Å². The van der Waals surface area contributed by atoms with Crippen molar-refractivity contribution in [3.8, 4) is 0 Å². The third-order valence-electron chi connectivity index (χ3n) is 4.85. The van der Waals surface area contributed by atoms with E-state index in [4.69, 9.17) is 23.2 Å². The Balaban J connectivity index is 2.00. The van der Waals surface area contributed by atoms with Crippen LogP contribution < -0.4 is 0 Å². The molecule has 2 aliphatic rings. The normalized spacial score (nSPS) is 31.4. The highest BCUT2D eigenvalue weighted by molar-refractivity contribution is 7.89. The molecular formula is C16H21Cl2NO2S. The second-order valence-corrected chi connectivity index (χ2v) is 10.5. The summed E-state index contributed by atoms with van der Waals surface area (Å²) < 4.78 is 27.8. The number of halogens is 2. The first-order valence-corrected chi connectivity index (χ1v) is 9.69. The van der Waals surface area contributed by atoms with E-state index < -0.39 is 10.0 Å². The third-order valence-corrected chi connectivity index (χ3v) is 7.46. The van der Waals surface area contributed by atoms with Crippen LogP contribution in [0, 0.1) is 10.8 Å². The minimum atomic E-state index is -3.59. The average molecular weight is 362 g/mol. The Hall–Kier alpha value is -0.290. The maximum absolute atomic E-state index is 13.1. The second-order valence-electron chi connectivity index (χ2n) is 7.84. The van der Waals surface area contributed by atoms with Crippen molar-refractivity contribution in [1.82, 2.24) is 4.31 Å². The molecule has 1 aliphatic carbocycles. The van der Waals surface area contributed by atoms with Crippen LogP contribution in [0.5, 0.6) is 0 Å². The zero-order valence-corrected chi connectivity index (χ0v) is 15.4. The van der Waals surface area contributed by atoms with Gasteiger partial charge in [0.2, 0.25) is 10.0 Å². The van der Waals surface area contributed by atoms with Crippen molar-refractivity contribution in [2.75, 3.05) is 6.54 Å². The van der Waals surface area contributed by atoms with Gasteiger partial charge in [-0.2, -0.15) is 4.31 Å². The molecule has 1 aliphatic heterocycles. The van der Waals surface area contributed by atoms with Gasteiger partial charge in [-0.05, 0) is 48.3 Å². The molecule has 2 bridgehead atoms. The topological polar surface area (TPSA) is 37.4 Å². The summed E-state index contributed by atoms with van der Waals surface area (Å²) in [4.78, 5) is 0.160. The standard InChI is InChI=1S/C16H21Cl2NO2S/c1-15(2)7-12-8-16(3,9-15)10-19(12)22(20,21)14-5-4-11(17)6-13(14)18/h4-6,12H,7-10H2,1-3H3. The zero-order chi connectivity index (χ0) is 16.3. The molecule has 2 atom stereocenters. The van der Waals surface area contributed by atoms with Gasteiger partial charge in [0.15, 0.2) is 0 Å². The smallest absolute Gasteiger partial charge is 0.207 e. The molecule has 1 saturated heterocycles. The van der Waals surface area contributed by atoms with Crippen molar-refractivity contribution in [3.63, 3.8) is 0 Å². The summed E-state index contributed by atoms with van der Waals surface area (Å²) in [5.74, 6) is 0. The molecule has 1 aromatic rings. The van der Waals surface area contributed by atoms with Crippen molar-refractivity contribution in [3.05, 3.63) is 28.2 Å². The van der Waals surface area contributed by atoms with Crippen molar-refractivity contribution >= 4 is 33.2 Å². The van der Waals surface area contributed by atoms with Crippen LogP contribution >= 0.6 is 23.2 Å².